The Bertz CT molecular complexity index is 2370. The fraction of sp³-hybridized carbons (Fsp3) is 0. The molecule has 0 saturated carbocycles. The van der Waals surface area contributed by atoms with Crippen LogP contribution in [-0.2, 0) is 0 Å². The highest BCUT2D eigenvalue weighted by molar-refractivity contribution is 6.91. The molecule has 6 aromatic carbocycles. The second kappa shape index (κ2) is 8.05. The average molecular weight is 533 g/mol. The van der Waals surface area contributed by atoms with Gasteiger partial charge in [-0.25, -0.2) is 0 Å². The summed E-state index contributed by atoms with van der Waals surface area (Å²) in [4.78, 5) is 2.49. The Labute approximate surface area is 243 Å². The van der Waals surface area contributed by atoms with Gasteiger partial charge in [0.2, 0.25) is 0 Å². The minimum Gasteiger partial charge on any atom is -0.375 e. The number of hydrogen-bond donors (Lipinski definition) is 0. The normalized spacial score (nSPS) is 13.1. The van der Waals surface area contributed by atoms with Gasteiger partial charge >= 0.3 is 6.85 Å². The number of hydrogen-bond acceptors (Lipinski definition) is 1. The summed E-state index contributed by atoms with van der Waals surface area (Å²) in [6, 6.07) is 53.2. The van der Waals surface area contributed by atoms with Crippen molar-refractivity contribution in [2.45, 2.75) is 0 Å². The van der Waals surface area contributed by atoms with E-state index in [9.17, 15) is 0 Å². The highest BCUT2D eigenvalue weighted by Crippen LogP contribution is 2.47. The second-order valence-electron chi connectivity index (χ2n) is 11.3. The van der Waals surface area contributed by atoms with Crippen molar-refractivity contribution in [2.75, 3.05) is 4.90 Å². The van der Waals surface area contributed by atoms with E-state index in [0.29, 0.717) is 0 Å². The van der Waals surface area contributed by atoms with Gasteiger partial charge in [-0.05, 0) is 58.9 Å². The standard InChI is InChI=1S/C38H24BN3/c1-3-13-25(14-4-1)40-32-22-9-8-18-31(32)36-38(40)41(26-15-5-2-6-16-26)34-24-12-19-28-30-21-11-20-29-27-17-7-10-23-33(27)42(37(29)30)39(36)35(28)34/h1-24H. The van der Waals surface area contributed by atoms with E-state index in [1.165, 1.54) is 66.3 Å². The predicted octanol–water partition coefficient (Wildman–Crippen LogP) is 8.16. The topological polar surface area (TPSA) is 13.1 Å². The summed E-state index contributed by atoms with van der Waals surface area (Å²) in [5.41, 5.74) is 12.7. The maximum Gasteiger partial charge on any atom is 0.335 e. The molecule has 0 saturated heterocycles. The maximum atomic E-state index is 2.63. The first-order valence-corrected chi connectivity index (χ1v) is 14.6. The highest BCUT2D eigenvalue weighted by atomic mass is 15.3. The SMILES string of the molecule is c1ccc(N2c3cccc4c3B(c3c2n(-c2ccccc2)c2ccccc32)n2c3ccccc3c3cccc-4c32)cc1. The van der Waals surface area contributed by atoms with Crippen LogP contribution in [0.2, 0.25) is 0 Å². The van der Waals surface area contributed by atoms with E-state index in [1.807, 2.05) is 0 Å². The van der Waals surface area contributed by atoms with Crippen molar-refractivity contribution < 1.29 is 0 Å². The van der Waals surface area contributed by atoms with E-state index in [-0.39, 0.29) is 6.85 Å². The third-order valence-electron chi connectivity index (χ3n) is 9.28. The van der Waals surface area contributed by atoms with Gasteiger partial charge in [0, 0.05) is 49.9 Å². The molecule has 0 N–H and O–H groups in total. The van der Waals surface area contributed by atoms with Crippen LogP contribution in [0, 0.1) is 0 Å². The monoisotopic (exact) mass is 533 g/mol. The fourth-order valence-electron chi connectivity index (χ4n) is 7.74. The van der Waals surface area contributed by atoms with Crippen molar-refractivity contribution in [3.05, 3.63) is 146 Å². The van der Waals surface area contributed by atoms with Crippen molar-refractivity contribution in [3.8, 4) is 16.8 Å². The molecule has 0 fully saturated rings. The molecule has 0 radical (unpaired) electrons. The van der Waals surface area contributed by atoms with Crippen LogP contribution in [0.1, 0.15) is 0 Å². The number of nitrogens with zero attached hydrogens (tertiary/aromatic N) is 3. The number of para-hydroxylation sites is 5. The van der Waals surface area contributed by atoms with Crippen LogP contribution in [0.25, 0.3) is 49.5 Å². The lowest BCUT2D eigenvalue weighted by molar-refractivity contribution is 1.07. The van der Waals surface area contributed by atoms with Crippen LogP contribution >= 0.6 is 0 Å². The quantitative estimate of drug-likeness (QED) is 0.204. The van der Waals surface area contributed by atoms with Gasteiger partial charge in [-0.1, -0.05) is 103 Å². The Balaban J connectivity index is 1.46. The van der Waals surface area contributed by atoms with Gasteiger partial charge in [0.25, 0.3) is 0 Å². The Hall–Kier alpha value is -5.48. The van der Waals surface area contributed by atoms with E-state index in [2.05, 4.69) is 160 Å². The van der Waals surface area contributed by atoms with Crippen molar-refractivity contribution in [3.63, 3.8) is 0 Å². The molecule has 2 aromatic heterocycles. The number of fused-ring (bicyclic) bond motifs is 9. The number of aromatic nitrogens is 2. The fourth-order valence-corrected chi connectivity index (χ4v) is 7.74. The minimum absolute atomic E-state index is 0.0262. The average Bonchev–Trinajstić information content (AvgIpc) is 3.58. The summed E-state index contributed by atoms with van der Waals surface area (Å²) in [5.74, 6) is 1.20. The van der Waals surface area contributed by atoms with Crippen LogP contribution < -0.4 is 15.8 Å². The maximum absolute atomic E-state index is 2.63. The van der Waals surface area contributed by atoms with Gasteiger partial charge in [0.1, 0.15) is 5.82 Å². The van der Waals surface area contributed by atoms with Gasteiger partial charge < -0.3 is 4.48 Å². The van der Waals surface area contributed by atoms with Crippen molar-refractivity contribution in [1.82, 2.24) is 9.05 Å². The summed E-state index contributed by atoms with van der Waals surface area (Å²) in [5, 5.41) is 3.91. The zero-order valence-electron chi connectivity index (χ0n) is 22.8. The largest absolute Gasteiger partial charge is 0.375 e. The first-order chi connectivity index (χ1) is 20.9. The van der Waals surface area contributed by atoms with Crippen molar-refractivity contribution in [1.29, 1.82) is 0 Å². The molecule has 2 aliphatic rings. The molecule has 42 heavy (non-hydrogen) atoms. The predicted molar refractivity (Wildman–Crippen MR) is 177 cm³/mol. The molecule has 3 nitrogen and oxygen atoms in total. The van der Waals surface area contributed by atoms with Crippen LogP contribution in [0.3, 0.4) is 0 Å². The number of benzene rings is 6. The lowest BCUT2D eigenvalue weighted by atomic mass is 9.45. The number of rotatable bonds is 2. The molecule has 2 aliphatic heterocycles. The molecular formula is C38H24BN3. The summed E-state index contributed by atoms with van der Waals surface area (Å²) >= 11 is 0. The lowest BCUT2D eigenvalue weighted by Crippen LogP contribution is -2.56. The van der Waals surface area contributed by atoms with Crippen LogP contribution in [0.5, 0.6) is 0 Å². The zero-order chi connectivity index (χ0) is 27.4. The van der Waals surface area contributed by atoms with Crippen LogP contribution in [-0.4, -0.2) is 15.9 Å². The summed E-state index contributed by atoms with van der Waals surface area (Å²) in [6.45, 7) is 0.0262. The number of anilines is 3. The smallest absolute Gasteiger partial charge is 0.335 e. The van der Waals surface area contributed by atoms with Crippen LogP contribution in [0.15, 0.2) is 146 Å². The molecule has 0 unspecified atom stereocenters. The van der Waals surface area contributed by atoms with Crippen LogP contribution in [0.4, 0.5) is 17.2 Å². The van der Waals surface area contributed by atoms with Crippen molar-refractivity contribution >= 4 is 67.7 Å². The summed E-state index contributed by atoms with van der Waals surface area (Å²) < 4.78 is 5.10. The molecule has 4 heteroatoms. The molecule has 194 valence electrons. The third-order valence-corrected chi connectivity index (χ3v) is 9.28. The molecule has 8 aromatic rings. The van der Waals surface area contributed by atoms with E-state index in [4.69, 9.17) is 0 Å². The summed E-state index contributed by atoms with van der Waals surface area (Å²) in [7, 11) is 0. The molecule has 10 rings (SSSR count). The van der Waals surface area contributed by atoms with Gasteiger partial charge in [-0.2, -0.15) is 0 Å². The molecule has 0 bridgehead atoms. The Morgan fingerprint density at radius 3 is 1.86 bits per heavy atom. The first kappa shape index (κ1) is 22.2. The summed E-state index contributed by atoms with van der Waals surface area (Å²) in [6.07, 6.45) is 0. The Morgan fingerprint density at radius 2 is 1.05 bits per heavy atom. The lowest BCUT2D eigenvalue weighted by Gasteiger charge is -2.39. The van der Waals surface area contributed by atoms with Gasteiger partial charge in [0.05, 0.1) is 5.52 Å². The molecule has 0 atom stereocenters. The minimum atomic E-state index is 0.0262. The van der Waals surface area contributed by atoms with Gasteiger partial charge in [-0.15, -0.1) is 0 Å². The molecule has 4 heterocycles. The second-order valence-corrected chi connectivity index (χ2v) is 11.3. The highest BCUT2D eigenvalue weighted by Gasteiger charge is 2.45. The van der Waals surface area contributed by atoms with E-state index in [0.717, 1.165) is 11.4 Å². The molecule has 0 amide bonds. The Kier molecular flexibility index (Phi) is 4.26. The van der Waals surface area contributed by atoms with E-state index >= 15 is 0 Å². The third kappa shape index (κ3) is 2.67. The molecule has 0 aliphatic carbocycles. The molecular weight excluding hydrogens is 509 g/mol. The zero-order valence-corrected chi connectivity index (χ0v) is 22.8. The Morgan fingerprint density at radius 1 is 0.429 bits per heavy atom. The van der Waals surface area contributed by atoms with Gasteiger partial charge in [0.15, 0.2) is 0 Å². The van der Waals surface area contributed by atoms with Crippen molar-refractivity contribution in [2.24, 2.45) is 0 Å². The van der Waals surface area contributed by atoms with E-state index < -0.39 is 0 Å². The molecule has 0 spiro atoms. The van der Waals surface area contributed by atoms with E-state index in [1.54, 1.807) is 0 Å². The van der Waals surface area contributed by atoms with Gasteiger partial charge in [-0.3, -0.25) is 9.47 Å². The first-order valence-electron chi connectivity index (χ1n) is 14.6.